The first-order valence-electron chi connectivity index (χ1n) is 13.0. The number of anilines is 3. The number of phenols is 2. The van der Waals surface area contributed by atoms with Crippen LogP contribution in [0.5, 0.6) is 11.5 Å². The maximum absolute atomic E-state index is 13.4. The van der Waals surface area contributed by atoms with Crippen molar-refractivity contribution in [1.82, 2.24) is 25.2 Å². The van der Waals surface area contributed by atoms with E-state index in [0.29, 0.717) is 0 Å². The lowest BCUT2D eigenvalue weighted by Crippen LogP contribution is -2.74. The number of β-lactam (4-membered cyclic amide) rings is 1. The number of nitrogens with two attached hydrogens (primary N) is 3. The number of nitrogens with zero attached hydrogens (tertiary/aromatic N) is 5. The molecule has 4 atom stereocenters. The van der Waals surface area contributed by atoms with Crippen LogP contribution in [0.3, 0.4) is 0 Å². The number of amides is 2. The SMILES string of the molecule is Nc1cc(N)nc(SCC2(C(=O)O)CS[C@@H]3C(NC(=O)C(=NO[C@H](C(=O)O)c4ccc(O)c(O)c4)c4csc(N)n4)C(=O)N3C2)n1. The highest BCUT2D eigenvalue weighted by atomic mass is 32.2. The van der Waals surface area contributed by atoms with Crippen molar-refractivity contribution in [2.24, 2.45) is 10.6 Å². The van der Waals surface area contributed by atoms with Crippen LogP contribution in [-0.4, -0.2) is 99.2 Å². The quantitative estimate of drug-likeness (QED) is 0.0325. The van der Waals surface area contributed by atoms with E-state index in [-0.39, 0.29) is 51.2 Å². The van der Waals surface area contributed by atoms with Gasteiger partial charge < -0.3 is 52.7 Å². The van der Waals surface area contributed by atoms with E-state index in [2.05, 4.69) is 25.4 Å². The summed E-state index contributed by atoms with van der Waals surface area (Å²) in [6.07, 6.45) is -1.81. The first-order chi connectivity index (χ1) is 21.8. The van der Waals surface area contributed by atoms with Crippen LogP contribution in [0.4, 0.5) is 16.8 Å². The number of hydrogen-bond acceptors (Lipinski definition) is 17. The number of benzene rings is 1. The Bertz CT molecular complexity index is 1740. The summed E-state index contributed by atoms with van der Waals surface area (Å²) >= 11 is 3.16. The third kappa shape index (κ3) is 6.50. The fraction of sp³-hybridized carbons (Fsp3) is 0.280. The fourth-order valence-corrected chi connectivity index (χ4v) is 7.78. The van der Waals surface area contributed by atoms with E-state index in [1.165, 1.54) is 22.4 Å². The molecule has 21 heteroatoms. The largest absolute Gasteiger partial charge is 0.504 e. The van der Waals surface area contributed by atoms with Crippen molar-refractivity contribution in [3.63, 3.8) is 0 Å². The summed E-state index contributed by atoms with van der Waals surface area (Å²) in [5, 5.41) is 46.5. The lowest BCUT2D eigenvalue weighted by Gasteiger charge is -2.53. The number of aliphatic carboxylic acids is 2. The standard InChI is InChI=1S/C25H25N9O9S3/c26-13-4-14(27)31-24(30-13)46-8-25(22(41)42)6-34-19(38)16(20(34)45-7-25)32-18(37)15(10-5-44-23(28)29-10)33-43-17(21(39)40)9-1-2-11(35)12(36)3-9/h1-5,16-17,20,35-36H,6-8H2,(H2,28,29)(H,32,37)(H,39,40)(H,41,42)(H4,26,27,30,31)/t16?,17-,20+,25?/m0/s1. The van der Waals surface area contributed by atoms with Crippen LogP contribution in [0.2, 0.25) is 0 Å². The van der Waals surface area contributed by atoms with E-state index in [9.17, 15) is 39.6 Å². The number of thioether (sulfide) groups is 2. The highest BCUT2D eigenvalue weighted by Gasteiger charge is 2.57. The number of phenolic OH excluding ortho intramolecular Hbond substituents is 2. The minimum atomic E-state index is -1.81. The number of oxime groups is 1. The van der Waals surface area contributed by atoms with E-state index in [0.717, 1.165) is 47.0 Å². The molecule has 5 rings (SSSR count). The van der Waals surface area contributed by atoms with Gasteiger partial charge in [-0.1, -0.05) is 23.0 Å². The van der Waals surface area contributed by atoms with Crippen molar-refractivity contribution < 1.29 is 44.4 Å². The maximum atomic E-state index is 13.4. The zero-order chi connectivity index (χ0) is 33.3. The smallest absolute Gasteiger partial charge is 0.352 e. The van der Waals surface area contributed by atoms with Gasteiger partial charge in [-0.2, -0.15) is 0 Å². The molecule has 18 nitrogen and oxygen atoms in total. The molecule has 2 unspecified atom stereocenters. The number of thiazole rings is 1. The molecule has 2 aliphatic rings. The second-order valence-electron chi connectivity index (χ2n) is 10.1. The van der Waals surface area contributed by atoms with Crippen LogP contribution in [0.1, 0.15) is 17.4 Å². The van der Waals surface area contributed by atoms with Gasteiger partial charge in [-0.05, 0) is 12.1 Å². The molecule has 2 saturated heterocycles. The number of carbonyl (C=O) groups is 4. The monoisotopic (exact) mass is 691 g/mol. The van der Waals surface area contributed by atoms with Crippen molar-refractivity contribution >= 4 is 81.1 Å². The number of carboxylic acid groups (broad SMARTS) is 2. The molecule has 4 heterocycles. The highest BCUT2D eigenvalue weighted by molar-refractivity contribution is 8.00. The van der Waals surface area contributed by atoms with Crippen molar-refractivity contribution in [1.29, 1.82) is 0 Å². The first kappa shape index (κ1) is 32.4. The number of aromatic hydroxyl groups is 2. The first-order valence-corrected chi connectivity index (χ1v) is 15.9. The summed E-state index contributed by atoms with van der Waals surface area (Å²) in [5.74, 6) is -4.90. The number of carboxylic acids is 2. The Labute approximate surface area is 271 Å². The minimum Gasteiger partial charge on any atom is -0.504 e. The Balaban J connectivity index is 1.31. The van der Waals surface area contributed by atoms with Crippen LogP contribution in [0.15, 0.2) is 40.0 Å². The third-order valence-electron chi connectivity index (χ3n) is 6.86. The van der Waals surface area contributed by atoms with Crippen molar-refractivity contribution in [2.75, 3.05) is 35.3 Å². The topological polar surface area (TPSA) is 303 Å². The van der Waals surface area contributed by atoms with Gasteiger partial charge in [-0.15, -0.1) is 23.1 Å². The Morgan fingerprint density at radius 3 is 2.46 bits per heavy atom. The Morgan fingerprint density at radius 1 is 1.13 bits per heavy atom. The Kier molecular flexibility index (Phi) is 8.99. The van der Waals surface area contributed by atoms with Gasteiger partial charge in [-0.3, -0.25) is 14.4 Å². The number of hydrogen-bond donors (Lipinski definition) is 8. The summed E-state index contributed by atoms with van der Waals surface area (Å²) in [5.41, 5.74) is 15.1. The molecule has 1 aromatic carbocycles. The van der Waals surface area contributed by atoms with Crippen molar-refractivity contribution in [3.05, 3.63) is 40.9 Å². The summed E-state index contributed by atoms with van der Waals surface area (Å²) in [6.45, 7) is -0.150. The average Bonchev–Trinajstić information content (AvgIpc) is 3.43. The molecular formula is C25H25N9O9S3. The molecule has 0 aliphatic carbocycles. The number of aromatic nitrogens is 3. The summed E-state index contributed by atoms with van der Waals surface area (Å²) in [7, 11) is 0. The average molecular weight is 692 g/mol. The van der Waals surface area contributed by atoms with Crippen molar-refractivity contribution in [2.45, 2.75) is 22.7 Å². The lowest BCUT2D eigenvalue weighted by atomic mass is 9.89. The second-order valence-corrected chi connectivity index (χ2v) is 13.0. The summed E-state index contributed by atoms with van der Waals surface area (Å²) in [4.78, 5) is 69.6. The van der Waals surface area contributed by atoms with Gasteiger partial charge in [0.2, 0.25) is 12.0 Å². The van der Waals surface area contributed by atoms with Crippen LogP contribution in [0, 0.1) is 5.41 Å². The van der Waals surface area contributed by atoms with Crippen LogP contribution >= 0.6 is 34.9 Å². The van der Waals surface area contributed by atoms with Crippen LogP contribution < -0.4 is 22.5 Å². The third-order valence-corrected chi connectivity index (χ3v) is 10.3. The van der Waals surface area contributed by atoms with E-state index >= 15 is 0 Å². The van der Waals surface area contributed by atoms with Crippen molar-refractivity contribution in [3.8, 4) is 11.5 Å². The number of rotatable bonds is 11. The van der Waals surface area contributed by atoms with Gasteiger partial charge in [0.1, 0.15) is 34.2 Å². The minimum absolute atomic E-state index is 0.00863. The van der Waals surface area contributed by atoms with E-state index < -0.39 is 63.9 Å². The lowest BCUT2D eigenvalue weighted by molar-refractivity contribution is -0.157. The van der Waals surface area contributed by atoms with E-state index in [4.69, 9.17) is 22.0 Å². The molecule has 46 heavy (non-hydrogen) atoms. The molecule has 242 valence electrons. The van der Waals surface area contributed by atoms with Gasteiger partial charge in [0.05, 0.1) is 0 Å². The molecule has 2 amide bonds. The Morgan fingerprint density at radius 2 is 1.85 bits per heavy atom. The predicted molar refractivity (Wildman–Crippen MR) is 166 cm³/mol. The zero-order valence-corrected chi connectivity index (χ0v) is 25.7. The number of fused-ring (bicyclic) bond motifs is 1. The molecule has 2 aromatic heterocycles. The molecule has 0 radical (unpaired) electrons. The van der Waals surface area contributed by atoms with Gasteiger partial charge in [0.15, 0.2) is 27.5 Å². The van der Waals surface area contributed by atoms with E-state index in [1.807, 2.05) is 0 Å². The van der Waals surface area contributed by atoms with Crippen LogP contribution in [-0.2, 0) is 24.0 Å². The molecule has 3 aromatic rings. The highest BCUT2D eigenvalue weighted by Crippen LogP contribution is 2.44. The van der Waals surface area contributed by atoms with E-state index in [1.54, 1.807) is 0 Å². The van der Waals surface area contributed by atoms with Gasteiger partial charge in [-0.25, -0.2) is 19.7 Å². The van der Waals surface area contributed by atoms with Crippen LogP contribution in [0.25, 0.3) is 0 Å². The van der Waals surface area contributed by atoms with Gasteiger partial charge in [0.25, 0.3) is 5.91 Å². The predicted octanol–water partition coefficient (Wildman–Crippen LogP) is -0.0993. The number of nitrogen functional groups attached to an aromatic ring is 3. The molecule has 2 aliphatic heterocycles. The summed E-state index contributed by atoms with van der Waals surface area (Å²) in [6, 6.07) is 3.48. The molecule has 0 bridgehead atoms. The molecule has 0 spiro atoms. The molecule has 2 fully saturated rings. The fourth-order valence-electron chi connectivity index (χ4n) is 4.50. The second kappa shape index (κ2) is 12.8. The molecular weight excluding hydrogens is 667 g/mol. The molecule has 11 N–H and O–H groups in total. The molecule has 0 saturated carbocycles. The Hall–Kier alpha value is -5.02. The van der Waals surface area contributed by atoms with Gasteiger partial charge in [0, 0.05) is 35.1 Å². The summed E-state index contributed by atoms with van der Waals surface area (Å²) < 4.78 is 0. The number of nitrogens with one attached hydrogen (secondary N) is 1. The number of carbonyl (C=O) groups excluding carboxylic acids is 2. The normalized spacial score (nSPS) is 21.5. The zero-order valence-electron chi connectivity index (χ0n) is 23.3. The maximum Gasteiger partial charge on any atom is 0.352 e. The van der Waals surface area contributed by atoms with Gasteiger partial charge >= 0.3 is 11.9 Å².